The van der Waals surface area contributed by atoms with Gasteiger partial charge in [-0.2, -0.15) is 0 Å². The van der Waals surface area contributed by atoms with Crippen LogP contribution in [0.4, 0.5) is 0 Å². The smallest absolute Gasteiger partial charge is 0.220 e. The van der Waals surface area contributed by atoms with Gasteiger partial charge in [-0.25, -0.2) is 0 Å². The molecule has 0 radical (unpaired) electrons. The number of nitrogens with one attached hydrogen (secondary N) is 1. The van der Waals surface area contributed by atoms with Gasteiger partial charge in [0.1, 0.15) is 0 Å². The predicted octanol–water partition coefficient (Wildman–Crippen LogP) is 14.4. The van der Waals surface area contributed by atoms with Gasteiger partial charge in [0, 0.05) is 6.42 Å². The molecular formula is C48H89NO3. The zero-order chi connectivity index (χ0) is 37.8. The third kappa shape index (κ3) is 39.6. The Hall–Kier alpha value is -1.65. The first-order chi connectivity index (χ1) is 25.7. The molecule has 0 aliphatic rings. The van der Waals surface area contributed by atoms with Gasteiger partial charge in [-0.3, -0.25) is 4.79 Å². The third-order valence-electron chi connectivity index (χ3n) is 10.3. The van der Waals surface area contributed by atoms with E-state index >= 15 is 0 Å². The van der Waals surface area contributed by atoms with Crippen molar-refractivity contribution in [2.24, 2.45) is 0 Å². The van der Waals surface area contributed by atoms with Crippen LogP contribution in [0.2, 0.25) is 0 Å². The molecule has 0 bridgehead atoms. The van der Waals surface area contributed by atoms with Crippen molar-refractivity contribution in [2.45, 2.75) is 244 Å². The molecule has 0 heterocycles. The maximum atomic E-state index is 12.4. The molecule has 2 atom stereocenters. The zero-order valence-electron chi connectivity index (χ0n) is 34.8. The number of hydrogen-bond acceptors (Lipinski definition) is 3. The Morgan fingerprint density at radius 2 is 0.750 bits per heavy atom. The molecule has 0 fully saturated rings. The van der Waals surface area contributed by atoms with E-state index < -0.39 is 12.1 Å². The molecular weight excluding hydrogens is 639 g/mol. The fourth-order valence-electron chi connectivity index (χ4n) is 6.73. The lowest BCUT2D eigenvalue weighted by molar-refractivity contribution is -0.123. The predicted molar refractivity (Wildman–Crippen MR) is 230 cm³/mol. The second-order valence-electron chi connectivity index (χ2n) is 15.4. The van der Waals surface area contributed by atoms with Crippen LogP contribution >= 0.6 is 0 Å². The highest BCUT2D eigenvalue weighted by molar-refractivity contribution is 5.76. The Kier molecular flexibility index (Phi) is 42.4. The van der Waals surface area contributed by atoms with Crippen LogP contribution in [0, 0.1) is 0 Å². The van der Waals surface area contributed by atoms with Crippen molar-refractivity contribution >= 4 is 5.91 Å². The summed E-state index contributed by atoms with van der Waals surface area (Å²) in [5.74, 6) is -0.0822. The number of rotatable bonds is 41. The summed E-state index contributed by atoms with van der Waals surface area (Å²) in [5.41, 5.74) is 0. The quantitative estimate of drug-likeness (QED) is 0.0434. The van der Waals surface area contributed by atoms with Gasteiger partial charge in [0.2, 0.25) is 5.91 Å². The number of amides is 1. The van der Waals surface area contributed by atoms with Crippen molar-refractivity contribution in [1.29, 1.82) is 0 Å². The molecule has 0 aromatic carbocycles. The second-order valence-corrected chi connectivity index (χ2v) is 15.4. The summed E-state index contributed by atoms with van der Waals surface area (Å²) < 4.78 is 0. The van der Waals surface area contributed by atoms with E-state index in [1.165, 1.54) is 173 Å². The average Bonchev–Trinajstić information content (AvgIpc) is 3.15. The molecule has 0 rings (SSSR count). The summed E-state index contributed by atoms with van der Waals surface area (Å²) in [4.78, 5) is 12.4. The largest absolute Gasteiger partial charge is 0.394 e. The number of unbranched alkanes of at least 4 members (excludes halogenated alkanes) is 28. The molecule has 0 aromatic rings. The van der Waals surface area contributed by atoms with Gasteiger partial charge in [-0.1, -0.05) is 204 Å². The lowest BCUT2D eigenvalue weighted by atomic mass is 10.1. The Balaban J connectivity index is 3.64. The molecule has 4 nitrogen and oxygen atoms in total. The number of carbonyl (C=O) groups excluding carboxylic acids is 1. The topological polar surface area (TPSA) is 69.6 Å². The molecule has 3 N–H and O–H groups in total. The van der Waals surface area contributed by atoms with E-state index in [1.54, 1.807) is 6.08 Å². The highest BCUT2D eigenvalue weighted by Crippen LogP contribution is 2.14. The van der Waals surface area contributed by atoms with Gasteiger partial charge in [-0.05, 0) is 70.6 Å². The van der Waals surface area contributed by atoms with E-state index in [4.69, 9.17) is 0 Å². The minimum absolute atomic E-state index is 0.0822. The molecule has 2 unspecified atom stereocenters. The summed E-state index contributed by atoms with van der Waals surface area (Å²) in [5, 5.41) is 23.0. The van der Waals surface area contributed by atoms with Gasteiger partial charge in [0.25, 0.3) is 0 Å². The maximum Gasteiger partial charge on any atom is 0.220 e. The maximum absolute atomic E-state index is 12.4. The van der Waals surface area contributed by atoms with Crippen LogP contribution < -0.4 is 5.32 Å². The fraction of sp³-hybridized carbons (Fsp3) is 0.812. The molecule has 0 saturated heterocycles. The molecule has 0 spiro atoms. The van der Waals surface area contributed by atoms with Crippen LogP contribution in [-0.4, -0.2) is 34.9 Å². The fourth-order valence-corrected chi connectivity index (χ4v) is 6.73. The third-order valence-corrected chi connectivity index (χ3v) is 10.3. The number of aliphatic hydroxyl groups excluding tert-OH is 2. The lowest BCUT2D eigenvalue weighted by Crippen LogP contribution is -2.45. The number of aliphatic hydroxyl groups is 2. The van der Waals surface area contributed by atoms with Crippen molar-refractivity contribution in [2.75, 3.05) is 6.61 Å². The van der Waals surface area contributed by atoms with Crippen LogP contribution in [-0.2, 0) is 4.79 Å². The van der Waals surface area contributed by atoms with E-state index in [-0.39, 0.29) is 12.5 Å². The number of carbonyl (C=O) groups is 1. The van der Waals surface area contributed by atoms with E-state index in [0.717, 1.165) is 38.5 Å². The van der Waals surface area contributed by atoms with Crippen LogP contribution in [0.1, 0.15) is 232 Å². The van der Waals surface area contributed by atoms with Crippen LogP contribution in [0.15, 0.2) is 48.6 Å². The van der Waals surface area contributed by atoms with E-state index in [9.17, 15) is 15.0 Å². The first-order valence-electron chi connectivity index (χ1n) is 22.9. The van der Waals surface area contributed by atoms with Crippen molar-refractivity contribution in [3.8, 4) is 0 Å². The van der Waals surface area contributed by atoms with Crippen molar-refractivity contribution in [1.82, 2.24) is 5.32 Å². The molecule has 1 amide bonds. The van der Waals surface area contributed by atoms with Gasteiger partial charge in [-0.15, -0.1) is 0 Å². The minimum atomic E-state index is -0.872. The molecule has 304 valence electrons. The average molecular weight is 728 g/mol. The summed E-state index contributed by atoms with van der Waals surface area (Å²) >= 11 is 0. The van der Waals surface area contributed by atoms with E-state index in [2.05, 4.69) is 55.6 Å². The van der Waals surface area contributed by atoms with E-state index in [0.29, 0.717) is 6.42 Å². The van der Waals surface area contributed by atoms with Crippen LogP contribution in [0.25, 0.3) is 0 Å². The summed E-state index contributed by atoms with van der Waals surface area (Å²) in [7, 11) is 0. The zero-order valence-corrected chi connectivity index (χ0v) is 34.8. The van der Waals surface area contributed by atoms with Crippen molar-refractivity contribution in [3.63, 3.8) is 0 Å². The monoisotopic (exact) mass is 728 g/mol. The van der Waals surface area contributed by atoms with Gasteiger partial charge in [0.05, 0.1) is 18.8 Å². The highest BCUT2D eigenvalue weighted by atomic mass is 16.3. The molecule has 52 heavy (non-hydrogen) atoms. The Labute approximate surface area is 324 Å². The standard InChI is InChI=1S/C48H89NO3/c1-3-5-7-9-11-13-15-17-19-21-23-25-27-29-31-33-35-37-39-41-43-47(51)46(45-50)49-48(52)44-42-40-38-36-34-32-30-28-26-24-22-20-18-16-14-12-10-8-6-4-2/h24-27,33,35,41,43,46-47,50-51H,3-23,28-32,34,36-40,42,44-45H2,1-2H3,(H,49,52)/b26-24-,27-25+,35-33+,43-41+. The molecule has 4 heteroatoms. The normalized spacial score (nSPS) is 13.4. The van der Waals surface area contributed by atoms with Gasteiger partial charge >= 0.3 is 0 Å². The first kappa shape index (κ1) is 50.4. The van der Waals surface area contributed by atoms with E-state index in [1.807, 2.05) is 6.08 Å². The van der Waals surface area contributed by atoms with Gasteiger partial charge < -0.3 is 15.5 Å². The summed E-state index contributed by atoms with van der Waals surface area (Å²) in [6, 6.07) is -0.648. The SMILES string of the molecule is CCCCCCCCCCC/C=C\CCCCCCCCCC(=O)NC(CO)C(O)/C=C/CC/C=C/CC/C=C/CCCCCCCCCCCC. The first-order valence-corrected chi connectivity index (χ1v) is 22.9. The Morgan fingerprint density at radius 1 is 0.442 bits per heavy atom. The van der Waals surface area contributed by atoms with Crippen molar-refractivity contribution < 1.29 is 15.0 Å². The summed E-state index contributed by atoms with van der Waals surface area (Å²) in [6.07, 6.45) is 59.4. The van der Waals surface area contributed by atoms with Crippen LogP contribution in [0.5, 0.6) is 0 Å². The minimum Gasteiger partial charge on any atom is -0.394 e. The summed E-state index contributed by atoms with van der Waals surface area (Å²) in [6.45, 7) is 4.30. The number of allylic oxidation sites excluding steroid dienone is 7. The Morgan fingerprint density at radius 3 is 1.12 bits per heavy atom. The highest BCUT2D eigenvalue weighted by Gasteiger charge is 2.17. The number of hydrogen-bond donors (Lipinski definition) is 3. The van der Waals surface area contributed by atoms with Gasteiger partial charge in [0.15, 0.2) is 0 Å². The Bertz CT molecular complexity index is 831. The molecule has 0 saturated carbocycles. The molecule has 0 aliphatic carbocycles. The second kappa shape index (κ2) is 43.8. The molecule has 0 aliphatic heterocycles. The molecule has 0 aromatic heterocycles. The van der Waals surface area contributed by atoms with Crippen LogP contribution in [0.3, 0.4) is 0 Å². The lowest BCUT2D eigenvalue weighted by Gasteiger charge is -2.19. The van der Waals surface area contributed by atoms with Crippen molar-refractivity contribution in [3.05, 3.63) is 48.6 Å².